The van der Waals surface area contributed by atoms with E-state index in [0.717, 1.165) is 36.0 Å². The van der Waals surface area contributed by atoms with Crippen molar-refractivity contribution in [2.24, 2.45) is 0 Å². The summed E-state index contributed by atoms with van der Waals surface area (Å²) < 4.78 is 2.33. The van der Waals surface area contributed by atoms with Crippen molar-refractivity contribution in [1.29, 1.82) is 0 Å². The largest absolute Gasteiger partial charge is 0.385 e. The summed E-state index contributed by atoms with van der Waals surface area (Å²) in [6, 6.07) is 29.3. The topological polar surface area (TPSA) is 45.1 Å². The molecule has 2 atom stereocenters. The summed E-state index contributed by atoms with van der Waals surface area (Å²) >= 11 is 5.87. The van der Waals surface area contributed by atoms with E-state index in [1.807, 2.05) is 24.4 Å². The van der Waals surface area contributed by atoms with Crippen LogP contribution < -0.4 is 10.6 Å². The van der Waals surface area contributed by atoms with Crippen molar-refractivity contribution in [3.8, 4) is 5.69 Å². The molecule has 0 spiro atoms. The molecule has 1 fully saturated rings. The molecule has 35 heavy (non-hydrogen) atoms. The molecule has 0 unspecified atom stereocenters. The predicted octanol–water partition coefficient (Wildman–Crippen LogP) is 5.96. The summed E-state index contributed by atoms with van der Waals surface area (Å²) in [6.07, 6.45) is 2.83. The van der Waals surface area contributed by atoms with Gasteiger partial charge in [0.05, 0.1) is 17.8 Å². The van der Waals surface area contributed by atoms with E-state index in [1.165, 1.54) is 22.6 Å². The number of aromatic nitrogens is 2. The molecule has 3 heterocycles. The summed E-state index contributed by atoms with van der Waals surface area (Å²) in [4.78, 5) is 7.04. The molecule has 0 bridgehead atoms. The number of rotatable bonds is 8. The lowest BCUT2D eigenvalue weighted by Gasteiger charge is -2.28. The van der Waals surface area contributed by atoms with Gasteiger partial charge in [0.15, 0.2) is 5.11 Å². The highest BCUT2D eigenvalue weighted by Crippen LogP contribution is 2.41. The van der Waals surface area contributed by atoms with Crippen molar-refractivity contribution in [1.82, 2.24) is 19.8 Å². The molecule has 0 radical (unpaired) electrons. The van der Waals surface area contributed by atoms with Gasteiger partial charge in [-0.05, 0) is 80.5 Å². The van der Waals surface area contributed by atoms with Crippen LogP contribution in [-0.2, 0) is 0 Å². The Morgan fingerprint density at radius 2 is 1.66 bits per heavy atom. The van der Waals surface area contributed by atoms with Gasteiger partial charge in [-0.3, -0.25) is 4.98 Å². The summed E-state index contributed by atoms with van der Waals surface area (Å²) in [6.45, 7) is 6.12. The van der Waals surface area contributed by atoms with Crippen molar-refractivity contribution < 1.29 is 0 Å². The van der Waals surface area contributed by atoms with E-state index >= 15 is 0 Å². The Hall–Kier alpha value is -3.64. The SMILES string of the molecule is Cc1cc([C@@H]2[C@@H](c3ccccn3)NC(=S)N2CCCNc2ccccc2)c(C)n1-c1ccccc1. The van der Waals surface area contributed by atoms with Crippen molar-refractivity contribution in [3.05, 3.63) is 114 Å². The molecule has 178 valence electrons. The maximum Gasteiger partial charge on any atom is 0.170 e. The van der Waals surface area contributed by atoms with Crippen molar-refractivity contribution in [2.45, 2.75) is 32.4 Å². The fourth-order valence-corrected chi connectivity index (χ4v) is 5.42. The van der Waals surface area contributed by atoms with Crippen LogP contribution in [0.1, 0.15) is 41.1 Å². The van der Waals surface area contributed by atoms with Crippen molar-refractivity contribution >= 4 is 23.0 Å². The Balaban J connectivity index is 1.45. The molecule has 4 aromatic rings. The van der Waals surface area contributed by atoms with Gasteiger partial charge < -0.3 is 20.1 Å². The van der Waals surface area contributed by atoms with E-state index in [9.17, 15) is 0 Å². The highest BCUT2D eigenvalue weighted by atomic mass is 32.1. The van der Waals surface area contributed by atoms with Gasteiger partial charge in [0.25, 0.3) is 0 Å². The minimum absolute atomic E-state index is 0.00416. The van der Waals surface area contributed by atoms with Crippen LogP contribution in [0, 0.1) is 13.8 Å². The summed E-state index contributed by atoms with van der Waals surface area (Å²) in [5.74, 6) is 0. The van der Waals surface area contributed by atoms with E-state index in [2.05, 4.69) is 101 Å². The molecule has 2 N–H and O–H groups in total. The third-order valence-electron chi connectivity index (χ3n) is 6.68. The summed E-state index contributed by atoms with van der Waals surface area (Å²) in [5, 5.41) is 7.90. The van der Waals surface area contributed by atoms with Gasteiger partial charge in [0.1, 0.15) is 0 Å². The van der Waals surface area contributed by atoms with Gasteiger partial charge in [0.2, 0.25) is 0 Å². The highest BCUT2D eigenvalue weighted by Gasteiger charge is 2.41. The summed E-state index contributed by atoms with van der Waals surface area (Å²) in [7, 11) is 0. The quantitative estimate of drug-likeness (QED) is 0.240. The van der Waals surface area contributed by atoms with E-state index in [0.29, 0.717) is 0 Å². The van der Waals surface area contributed by atoms with Gasteiger partial charge in [-0.15, -0.1) is 0 Å². The minimum Gasteiger partial charge on any atom is -0.385 e. The fourth-order valence-electron chi connectivity index (χ4n) is 5.08. The molecular formula is C29H31N5S. The van der Waals surface area contributed by atoms with Crippen molar-refractivity contribution in [3.63, 3.8) is 0 Å². The second kappa shape index (κ2) is 10.3. The Morgan fingerprint density at radius 3 is 2.37 bits per heavy atom. The number of pyridine rings is 1. The van der Waals surface area contributed by atoms with Gasteiger partial charge in [-0.1, -0.05) is 42.5 Å². The Labute approximate surface area is 212 Å². The van der Waals surface area contributed by atoms with Crippen LogP contribution in [0.3, 0.4) is 0 Å². The lowest BCUT2D eigenvalue weighted by Crippen LogP contribution is -2.31. The van der Waals surface area contributed by atoms with Crippen LogP contribution >= 0.6 is 12.2 Å². The zero-order valence-corrected chi connectivity index (χ0v) is 21.0. The molecule has 1 aliphatic rings. The van der Waals surface area contributed by atoms with E-state index in [1.54, 1.807) is 0 Å². The van der Waals surface area contributed by atoms with Crippen LogP contribution in [0.4, 0.5) is 5.69 Å². The molecule has 6 heteroatoms. The molecule has 1 saturated heterocycles. The average molecular weight is 482 g/mol. The minimum atomic E-state index is -0.00416. The monoisotopic (exact) mass is 481 g/mol. The van der Waals surface area contributed by atoms with Crippen LogP contribution in [0.15, 0.2) is 91.1 Å². The lowest BCUT2D eigenvalue weighted by atomic mass is 9.96. The number of benzene rings is 2. The first-order valence-corrected chi connectivity index (χ1v) is 12.6. The smallest absolute Gasteiger partial charge is 0.170 e. The maximum absolute atomic E-state index is 5.87. The normalized spacial score (nSPS) is 17.4. The number of nitrogens with zero attached hydrogens (tertiary/aromatic N) is 3. The third-order valence-corrected chi connectivity index (χ3v) is 7.03. The van der Waals surface area contributed by atoms with Crippen LogP contribution in [0.25, 0.3) is 5.69 Å². The fraction of sp³-hybridized carbons (Fsp3) is 0.241. The molecule has 0 aliphatic carbocycles. The Kier molecular flexibility index (Phi) is 6.82. The van der Waals surface area contributed by atoms with E-state index < -0.39 is 0 Å². The Morgan fingerprint density at radius 1 is 0.943 bits per heavy atom. The second-order valence-corrected chi connectivity index (χ2v) is 9.35. The first kappa shape index (κ1) is 23.1. The maximum atomic E-state index is 5.87. The zero-order chi connectivity index (χ0) is 24.2. The first-order chi connectivity index (χ1) is 17.1. The Bertz CT molecular complexity index is 1270. The van der Waals surface area contributed by atoms with E-state index in [-0.39, 0.29) is 12.1 Å². The molecule has 2 aromatic carbocycles. The van der Waals surface area contributed by atoms with E-state index in [4.69, 9.17) is 17.2 Å². The number of thiocarbonyl (C=S) groups is 1. The molecule has 1 aliphatic heterocycles. The standard InChI is InChI=1S/C29H31N5S/c1-21-20-25(22(2)34(21)24-14-7-4-8-15-24)28-27(26-16-9-10-17-31-26)32-29(35)33(28)19-11-18-30-23-12-5-3-6-13-23/h3-10,12-17,20,27-28,30H,11,18-19H2,1-2H3,(H,32,35)/t27-,28-/m1/s1. The second-order valence-electron chi connectivity index (χ2n) is 8.96. The number of anilines is 1. The number of para-hydroxylation sites is 2. The molecule has 5 rings (SSSR count). The lowest BCUT2D eigenvalue weighted by molar-refractivity contribution is 0.315. The van der Waals surface area contributed by atoms with Crippen LogP contribution in [-0.4, -0.2) is 32.7 Å². The predicted molar refractivity (Wildman–Crippen MR) is 147 cm³/mol. The number of hydrogen-bond donors (Lipinski definition) is 2. The zero-order valence-electron chi connectivity index (χ0n) is 20.2. The highest BCUT2D eigenvalue weighted by molar-refractivity contribution is 7.80. The number of nitrogens with one attached hydrogen (secondary N) is 2. The molecule has 5 nitrogen and oxygen atoms in total. The van der Waals surface area contributed by atoms with Crippen LogP contribution in [0.5, 0.6) is 0 Å². The van der Waals surface area contributed by atoms with Gasteiger partial charge in [-0.25, -0.2) is 0 Å². The van der Waals surface area contributed by atoms with Gasteiger partial charge in [0, 0.05) is 42.0 Å². The van der Waals surface area contributed by atoms with Gasteiger partial charge >= 0.3 is 0 Å². The van der Waals surface area contributed by atoms with Gasteiger partial charge in [-0.2, -0.15) is 0 Å². The molecular weight excluding hydrogens is 450 g/mol. The average Bonchev–Trinajstić information content (AvgIpc) is 3.38. The van der Waals surface area contributed by atoms with Crippen molar-refractivity contribution in [2.75, 3.05) is 18.4 Å². The molecule has 0 amide bonds. The molecule has 2 aromatic heterocycles. The third kappa shape index (κ3) is 4.80. The number of aryl methyl sites for hydroxylation is 1. The number of hydrogen-bond acceptors (Lipinski definition) is 3. The first-order valence-electron chi connectivity index (χ1n) is 12.1. The summed E-state index contributed by atoms with van der Waals surface area (Å²) in [5.41, 5.74) is 7.06. The molecule has 0 saturated carbocycles. The van der Waals surface area contributed by atoms with Crippen LogP contribution in [0.2, 0.25) is 0 Å².